The lowest BCUT2D eigenvalue weighted by Gasteiger charge is -2.12. The van der Waals surface area contributed by atoms with Gasteiger partial charge in [0.15, 0.2) is 9.84 Å². The quantitative estimate of drug-likeness (QED) is 0.759. The van der Waals surface area contributed by atoms with Gasteiger partial charge in [0.2, 0.25) is 0 Å². The van der Waals surface area contributed by atoms with Gasteiger partial charge in [-0.25, -0.2) is 8.42 Å². The van der Waals surface area contributed by atoms with Gasteiger partial charge >= 0.3 is 0 Å². The van der Waals surface area contributed by atoms with Crippen molar-refractivity contribution in [3.8, 4) is 0 Å². The molecule has 1 saturated heterocycles. The van der Waals surface area contributed by atoms with Gasteiger partial charge < -0.3 is 4.90 Å². The Kier molecular flexibility index (Phi) is 4.56. The second-order valence-corrected chi connectivity index (χ2v) is 7.31. The van der Waals surface area contributed by atoms with E-state index in [9.17, 15) is 8.42 Å². The zero-order valence-electron chi connectivity index (χ0n) is 10.7. The predicted molar refractivity (Wildman–Crippen MR) is 68.0 cm³/mol. The molecule has 1 aliphatic heterocycles. The smallest absolute Gasteiger partial charge is 0.175 e. The second-order valence-electron chi connectivity index (χ2n) is 5.19. The number of hydrogen-bond acceptors (Lipinski definition) is 3. The Morgan fingerprint density at radius 1 is 1.31 bits per heavy atom. The minimum Gasteiger partial charge on any atom is -0.305 e. The van der Waals surface area contributed by atoms with Crippen LogP contribution in [0.5, 0.6) is 0 Å². The van der Waals surface area contributed by atoms with E-state index in [0.717, 1.165) is 13.0 Å². The zero-order valence-corrected chi connectivity index (χ0v) is 11.5. The van der Waals surface area contributed by atoms with Crippen LogP contribution >= 0.6 is 0 Å². The molecule has 0 aromatic rings. The molecule has 0 N–H and O–H groups in total. The first kappa shape index (κ1) is 13.7. The minimum absolute atomic E-state index is 0.201. The molecule has 94 valence electrons. The summed E-state index contributed by atoms with van der Waals surface area (Å²) in [5, 5.41) is 1.23. The van der Waals surface area contributed by atoms with E-state index in [-0.39, 0.29) is 5.25 Å². The topological polar surface area (TPSA) is 37.4 Å². The third-order valence-electron chi connectivity index (χ3n) is 3.44. The van der Waals surface area contributed by atoms with Crippen molar-refractivity contribution in [2.24, 2.45) is 11.8 Å². The maximum atomic E-state index is 12.0. The molecule has 0 aliphatic carbocycles. The third kappa shape index (κ3) is 3.59. The van der Waals surface area contributed by atoms with Crippen molar-refractivity contribution in [3.63, 3.8) is 0 Å². The van der Waals surface area contributed by atoms with E-state index in [2.05, 4.69) is 25.7 Å². The summed E-state index contributed by atoms with van der Waals surface area (Å²) in [6.07, 6.45) is 2.59. The molecule has 2 atom stereocenters. The van der Waals surface area contributed by atoms with Gasteiger partial charge in [-0.1, -0.05) is 26.8 Å². The molecule has 0 aromatic heterocycles. The monoisotopic (exact) mass is 245 g/mol. The predicted octanol–water partition coefficient (Wildman–Crippen LogP) is 1.91. The summed E-state index contributed by atoms with van der Waals surface area (Å²) in [5.41, 5.74) is 0. The van der Waals surface area contributed by atoms with Gasteiger partial charge in [-0.2, -0.15) is 0 Å². The fraction of sp³-hybridized carbons (Fsp3) is 0.833. The lowest BCUT2D eigenvalue weighted by Crippen LogP contribution is -2.23. The van der Waals surface area contributed by atoms with Crippen LogP contribution in [0.2, 0.25) is 0 Å². The van der Waals surface area contributed by atoms with Gasteiger partial charge in [0.25, 0.3) is 0 Å². The number of nitrogens with zero attached hydrogens (tertiary/aromatic N) is 1. The Morgan fingerprint density at radius 2 is 1.94 bits per heavy atom. The van der Waals surface area contributed by atoms with Crippen molar-refractivity contribution in [1.29, 1.82) is 0 Å². The van der Waals surface area contributed by atoms with Crippen molar-refractivity contribution in [1.82, 2.24) is 4.90 Å². The molecular formula is C12H23NO2S. The first-order valence-electron chi connectivity index (χ1n) is 5.93. The van der Waals surface area contributed by atoms with Crippen LogP contribution in [0.3, 0.4) is 0 Å². The summed E-state index contributed by atoms with van der Waals surface area (Å²) in [7, 11) is -1.08. The Morgan fingerprint density at radius 3 is 2.38 bits per heavy atom. The highest BCUT2D eigenvalue weighted by Gasteiger charge is 2.29. The summed E-state index contributed by atoms with van der Waals surface area (Å²) >= 11 is 0. The maximum absolute atomic E-state index is 12.0. The van der Waals surface area contributed by atoms with Gasteiger partial charge in [-0.3, -0.25) is 0 Å². The molecule has 16 heavy (non-hydrogen) atoms. The fourth-order valence-electron chi connectivity index (χ4n) is 1.73. The molecule has 1 fully saturated rings. The summed E-state index contributed by atoms with van der Waals surface area (Å²) < 4.78 is 24.0. The molecule has 0 amide bonds. The van der Waals surface area contributed by atoms with Crippen molar-refractivity contribution in [3.05, 3.63) is 11.5 Å². The zero-order chi connectivity index (χ0) is 12.3. The molecular weight excluding hydrogens is 222 g/mol. The number of sulfone groups is 1. The normalized spacial score (nSPS) is 25.7. The first-order chi connectivity index (χ1) is 7.33. The number of rotatable bonds is 4. The van der Waals surface area contributed by atoms with E-state index in [1.165, 1.54) is 5.41 Å². The van der Waals surface area contributed by atoms with Crippen molar-refractivity contribution >= 4 is 9.84 Å². The maximum Gasteiger partial charge on any atom is 0.175 e. The molecule has 4 heteroatoms. The van der Waals surface area contributed by atoms with Gasteiger partial charge in [0, 0.05) is 12.0 Å². The summed E-state index contributed by atoms with van der Waals surface area (Å²) in [4.78, 5) is 2.07. The van der Waals surface area contributed by atoms with E-state index < -0.39 is 9.84 Å². The number of likely N-dealkylation sites (tertiary alicyclic amines) is 1. The third-order valence-corrected chi connectivity index (χ3v) is 5.29. The lowest BCUT2D eigenvalue weighted by atomic mass is 9.99. The van der Waals surface area contributed by atoms with Crippen molar-refractivity contribution in [2.45, 2.75) is 32.4 Å². The summed E-state index contributed by atoms with van der Waals surface area (Å²) in [6, 6.07) is 0. The van der Waals surface area contributed by atoms with E-state index in [0.29, 0.717) is 18.4 Å². The van der Waals surface area contributed by atoms with Crippen LogP contribution in [-0.4, -0.2) is 38.7 Å². The van der Waals surface area contributed by atoms with Crippen molar-refractivity contribution in [2.75, 3.05) is 20.1 Å². The second kappa shape index (κ2) is 5.32. The summed E-state index contributed by atoms with van der Waals surface area (Å²) in [5.74, 6) is 0.798. The average Bonchev–Trinajstić information content (AvgIpc) is 2.61. The van der Waals surface area contributed by atoms with Crippen LogP contribution in [0.1, 0.15) is 27.2 Å². The lowest BCUT2D eigenvalue weighted by molar-refractivity contribution is 0.417. The van der Waals surface area contributed by atoms with Crippen molar-refractivity contribution < 1.29 is 8.42 Å². The Hall–Kier alpha value is -0.350. The first-order valence-corrected chi connectivity index (χ1v) is 7.54. The van der Waals surface area contributed by atoms with Crippen LogP contribution in [-0.2, 0) is 9.84 Å². The fourth-order valence-corrected chi connectivity index (χ4v) is 3.31. The number of hydrogen-bond donors (Lipinski definition) is 0. The molecule has 0 radical (unpaired) electrons. The Balaban J connectivity index is 2.65. The van der Waals surface area contributed by atoms with E-state index in [1.807, 2.05) is 13.1 Å². The Labute approximate surface area is 99.4 Å². The van der Waals surface area contributed by atoms with Gasteiger partial charge in [0.1, 0.15) is 0 Å². The van der Waals surface area contributed by atoms with Gasteiger partial charge in [0.05, 0.1) is 5.25 Å². The Bertz CT molecular complexity index is 346. The van der Waals surface area contributed by atoms with Crippen LogP contribution in [0, 0.1) is 11.8 Å². The molecule has 3 nitrogen and oxygen atoms in total. The van der Waals surface area contributed by atoms with Crippen LogP contribution in [0.4, 0.5) is 0 Å². The van der Waals surface area contributed by atoms with Crippen LogP contribution in [0.15, 0.2) is 11.5 Å². The average molecular weight is 245 g/mol. The van der Waals surface area contributed by atoms with Gasteiger partial charge in [-0.05, 0) is 31.8 Å². The molecule has 0 saturated carbocycles. The van der Waals surface area contributed by atoms with E-state index >= 15 is 0 Å². The van der Waals surface area contributed by atoms with Crippen LogP contribution < -0.4 is 0 Å². The highest BCUT2D eigenvalue weighted by molar-refractivity contribution is 7.94. The molecule has 1 heterocycles. The van der Waals surface area contributed by atoms with Crippen LogP contribution in [0.25, 0.3) is 0 Å². The molecule has 0 aromatic carbocycles. The molecule has 0 bridgehead atoms. The highest BCUT2D eigenvalue weighted by atomic mass is 32.2. The molecule has 0 unspecified atom stereocenters. The largest absolute Gasteiger partial charge is 0.305 e. The van der Waals surface area contributed by atoms with Gasteiger partial charge in [-0.15, -0.1) is 0 Å². The van der Waals surface area contributed by atoms with E-state index in [4.69, 9.17) is 0 Å². The molecule has 1 rings (SSSR count). The standard InChI is InChI=1S/C12H23NO2S/c1-10(2)11(3)6-8-16(14,15)12-5-7-13(4)9-12/h6,8,10-12H,5,7,9H2,1-4H3/b8-6-/t11-,12+/m1/s1. The molecule has 0 spiro atoms. The summed E-state index contributed by atoms with van der Waals surface area (Å²) in [6.45, 7) is 7.81. The minimum atomic E-state index is -3.04. The highest BCUT2D eigenvalue weighted by Crippen LogP contribution is 2.19. The van der Waals surface area contributed by atoms with E-state index in [1.54, 1.807) is 0 Å². The number of allylic oxidation sites excluding steroid dienone is 1. The SMILES string of the molecule is CC(C)[C@H](C)/C=C\S(=O)(=O)[C@H]1CCN(C)C1. The molecule has 1 aliphatic rings.